The number of hydrogen-bond donors (Lipinski definition) is 2. The third-order valence-electron chi connectivity index (χ3n) is 7.18. The lowest BCUT2D eigenvalue weighted by Gasteiger charge is -2.35. The van der Waals surface area contributed by atoms with Gasteiger partial charge in [-0.2, -0.15) is 5.10 Å². The molecule has 0 radical (unpaired) electrons. The molecule has 1 saturated carbocycles. The Bertz CT molecular complexity index is 938. The van der Waals surface area contributed by atoms with Crippen molar-refractivity contribution in [3.63, 3.8) is 0 Å². The van der Waals surface area contributed by atoms with E-state index in [2.05, 4.69) is 63.5 Å². The van der Waals surface area contributed by atoms with Gasteiger partial charge in [0.15, 0.2) is 0 Å². The summed E-state index contributed by atoms with van der Waals surface area (Å²) in [4.78, 5) is 13.2. The molecule has 2 aromatic rings. The van der Waals surface area contributed by atoms with E-state index in [1.807, 2.05) is 23.0 Å². The van der Waals surface area contributed by atoms with Crippen molar-refractivity contribution in [2.45, 2.75) is 96.3 Å². The van der Waals surface area contributed by atoms with Gasteiger partial charge in [0.2, 0.25) is 5.91 Å². The van der Waals surface area contributed by atoms with Crippen LogP contribution in [-0.4, -0.2) is 27.8 Å². The molecule has 1 aliphatic heterocycles. The molecule has 1 aromatic carbocycles. The number of carbonyl (C=O) groups is 1. The van der Waals surface area contributed by atoms with E-state index >= 15 is 0 Å². The second-order valence-corrected chi connectivity index (χ2v) is 11.8. The molecule has 0 spiro atoms. The molecule has 1 aromatic heterocycles. The zero-order chi connectivity index (χ0) is 23.1. The Balaban J connectivity index is 0.00000306. The van der Waals surface area contributed by atoms with Crippen molar-refractivity contribution in [1.29, 1.82) is 0 Å². The predicted molar refractivity (Wildman–Crippen MR) is 137 cm³/mol. The number of carbonyl (C=O) groups excluding carboxylic acids is 1. The van der Waals surface area contributed by atoms with Gasteiger partial charge < -0.3 is 5.32 Å². The molecule has 2 N–H and O–H groups in total. The largest absolute Gasteiger partial charge is 0.352 e. The molecule has 1 saturated heterocycles. The second-order valence-electron chi connectivity index (χ2n) is 11.4. The Morgan fingerprint density at radius 3 is 2.36 bits per heavy atom. The van der Waals surface area contributed by atoms with E-state index in [4.69, 9.17) is 16.7 Å². The van der Waals surface area contributed by atoms with Crippen LogP contribution in [0.15, 0.2) is 36.5 Å². The highest BCUT2D eigenvalue weighted by Gasteiger charge is 2.41. The summed E-state index contributed by atoms with van der Waals surface area (Å²) in [5.74, 6) is 0.243. The Morgan fingerprint density at radius 2 is 1.79 bits per heavy atom. The van der Waals surface area contributed by atoms with Gasteiger partial charge >= 0.3 is 0 Å². The summed E-state index contributed by atoms with van der Waals surface area (Å²) in [6.45, 7) is 11.1. The van der Waals surface area contributed by atoms with Crippen molar-refractivity contribution >= 4 is 29.9 Å². The molecular weight excluding hydrogens is 455 g/mol. The molecule has 33 heavy (non-hydrogen) atoms. The van der Waals surface area contributed by atoms with E-state index in [9.17, 15) is 4.79 Å². The van der Waals surface area contributed by atoms with Gasteiger partial charge in [0.25, 0.3) is 0 Å². The first-order valence-corrected chi connectivity index (χ1v) is 12.3. The highest BCUT2D eigenvalue weighted by atomic mass is 35.5. The molecule has 1 unspecified atom stereocenters. The number of halogens is 2. The van der Waals surface area contributed by atoms with Gasteiger partial charge in [-0.05, 0) is 82.1 Å². The summed E-state index contributed by atoms with van der Waals surface area (Å²) < 4.78 is 2.01. The summed E-state index contributed by atoms with van der Waals surface area (Å²) >= 11 is 6.13. The SMILES string of the molecule is CC1(C)CCC(NC(=O)[C@@H]2CC(c3ccn(C(C)(C)C)n3)[C@H](c3ccc(Cl)cc3)N2)CC1.Cl. The molecule has 0 bridgehead atoms. The molecule has 1 amide bonds. The van der Waals surface area contributed by atoms with Gasteiger partial charge in [0.1, 0.15) is 0 Å². The topological polar surface area (TPSA) is 59.0 Å². The normalized spacial score (nSPS) is 25.5. The van der Waals surface area contributed by atoms with E-state index in [1.165, 1.54) is 0 Å². The minimum absolute atomic E-state index is 0. The molecule has 2 aliphatic rings. The average molecular weight is 494 g/mol. The molecule has 5 nitrogen and oxygen atoms in total. The number of hydrogen-bond acceptors (Lipinski definition) is 3. The zero-order valence-corrected chi connectivity index (χ0v) is 22.0. The lowest BCUT2D eigenvalue weighted by molar-refractivity contribution is -0.124. The van der Waals surface area contributed by atoms with Crippen molar-refractivity contribution < 1.29 is 4.79 Å². The molecule has 2 fully saturated rings. The number of rotatable bonds is 4. The number of aromatic nitrogens is 2. The Hall–Kier alpha value is -1.56. The first-order valence-electron chi connectivity index (χ1n) is 11.9. The summed E-state index contributed by atoms with van der Waals surface area (Å²) in [6.07, 6.45) is 7.23. The quantitative estimate of drug-likeness (QED) is 0.551. The van der Waals surface area contributed by atoms with Crippen LogP contribution in [0.3, 0.4) is 0 Å². The van der Waals surface area contributed by atoms with E-state index < -0.39 is 0 Å². The zero-order valence-electron chi connectivity index (χ0n) is 20.4. The van der Waals surface area contributed by atoms with Gasteiger partial charge in [-0.25, -0.2) is 0 Å². The van der Waals surface area contributed by atoms with Gasteiger partial charge in [-0.15, -0.1) is 12.4 Å². The van der Waals surface area contributed by atoms with E-state index in [-0.39, 0.29) is 47.9 Å². The maximum Gasteiger partial charge on any atom is 0.237 e. The minimum Gasteiger partial charge on any atom is -0.352 e. The average Bonchev–Trinajstić information content (AvgIpc) is 3.37. The van der Waals surface area contributed by atoms with Crippen molar-refractivity contribution in [1.82, 2.24) is 20.4 Å². The Kier molecular flexibility index (Phi) is 7.87. The molecule has 1 aliphatic carbocycles. The van der Waals surface area contributed by atoms with Crippen molar-refractivity contribution in [2.24, 2.45) is 5.41 Å². The number of benzene rings is 1. The Labute approximate surface area is 209 Å². The maximum absolute atomic E-state index is 13.2. The fourth-order valence-corrected chi connectivity index (χ4v) is 5.14. The van der Waals surface area contributed by atoms with Crippen molar-refractivity contribution in [3.05, 3.63) is 52.8 Å². The highest BCUT2D eigenvalue weighted by Crippen LogP contribution is 2.41. The molecule has 182 valence electrons. The van der Waals surface area contributed by atoms with Gasteiger partial charge in [0, 0.05) is 29.2 Å². The standard InChI is InChI=1S/C26H37ClN4O.ClH/c1-25(2,3)31-15-12-21(30-31)20-16-22(29-23(20)17-6-8-18(27)9-7-17)24(32)28-19-10-13-26(4,5)14-11-19;/h6-9,12,15,19-20,22-23,29H,10-11,13-14,16H2,1-5H3,(H,28,32);1H/t20?,22-,23-;/m0./s1. The lowest BCUT2D eigenvalue weighted by Crippen LogP contribution is -2.47. The van der Waals surface area contributed by atoms with Crippen LogP contribution in [0.25, 0.3) is 0 Å². The van der Waals surface area contributed by atoms with Crippen LogP contribution in [0.2, 0.25) is 5.02 Å². The Morgan fingerprint density at radius 1 is 1.15 bits per heavy atom. The van der Waals surface area contributed by atoms with Crippen LogP contribution >= 0.6 is 24.0 Å². The molecule has 7 heteroatoms. The van der Waals surface area contributed by atoms with Crippen LogP contribution in [0, 0.1) is 5.41 Å². The minimum atomic E-state index is -0.226. The van der Waals surface area contributed by atoms with E-state index in [1.54, 1.807) is 0 Å². The van der Waals surface area contributed by atoms with Gasteiger partial charge in [0.05, 0.1) is 17.3 Å². The third kappa shape index (κ3) is 6.12. The number of amides is 1. The van der Waals surface area contributed by atoms with E-state index in [0.29, 0.717) is 5.41 Å². The summed E-state index contributed by atoms with van der Waals surface area (Å²) in [7, 11) is 0. The van der Waals surface area contributed by atoms with Crippen LogP contribution in [-0.2, 0) is 10.3 Å². The van der Waals surface area contributed by atoms with Crippen LogP contribution in [0.5, 0.6) is 0 Å². The molecule has 3 atom stereocenters. The monoisotopic (exact) mass is 492 g/mol. The first-order chi connectivity index (χ1) is 15.0. The predicted octanol–water partition coefficient (Wildman–Crippen LogP) is 5.99. The summed E-state index contributed by atoms with van der Waals surface area (Å²) in [5.41, 5.74) is 2.48. The fourth-order valence-electron chi connectivity index (χ4n) is 5.02. The van der Waals surface area contributed by atoms with Crippen LogP contribution < -0.4 is 10.6 Å². The fraction of sp³-hybridized carbons (Fsp3) is 0.615. The highest BCUT2D eigenvalue weighted by molar-refractivity contribution is 6.30. The lowest BCUT2D eigenvalue weighted by atomic mass is 9.75. The van der Waals surface area contributed by atoms with Crippen LogP contribution in [0.1, 0.15) is 89.9 Å². The first kappa shape index (κ1) is 26.1. The summed E-state index contributed by atoms with van der Waals surface area (Å²) in [5, 5.41) is 12.6. The number of nitrogens with zero attached hydrogens (tertiary/aromatic N) is 2. The van der Waals surface area contributed by atoms with Crippen molar-refractivity contribution in [3.8, 4) is 0 Å². The van der Waals surface area contributed by atoms with E-state index in [0.717, 1.165) is 48.4 Å². The van der Waals surface area contributed by atoms with Gasteiger partial charge in [-0.3, -0.25) is 14.8 Å². The third-order valence-corrected chi connectivity index (χ3v) is 7.43. The smallest absolute Gasteiger partial charge is 0.237 e. The van der Waals surface area contributed by atoms with Crippen LogP contribution in [0.4, 0.5) is 0 Å². The molecular formula is C26H38Cl2N4O. The van der Waals surface area contributed by atoms with Gasteiger partial charge in [-0.1, -0.05) is 37.6 Å². The molecule has 4 rings (SSSR count). The maximum atomic E-state index is 13.2. The summed E-state index contributed by atoms with van der Waals surface area (Å²) in [6, 6.07) is 10.1. The van der Waals surface area contributed by atoms with Crippen molar-refractivity contribution in [2.75, 3.05) is 0 Å². The second kappa shape index (κ2) is 9.97. The molecule has 2 heterocycles. The number of nitrogens with one attached hydrogen (secondary N) is 2.